The van der Waals surface area contributed by atoms with Crippen LogP contribution in [0.15, 0.2) is 6.07 Å². The highest BCUT2D eigenvalue weighted by atomic mass is 16.3. The number of aryl methyl sites for hydroxylation is 2. The molecule has 0 spiro atoms. The fraction of sp³-hybridized carbons (Fsp3) is 0.500. The minimum absolute atomic E-state index is 0.334. The number of hydrogen-bond acceptors (Lipinski definition) is 3. The fourth-order valence-electron chi connectivity index (χ4n) is 1.12. The van der Waals surface area contributed by atoms with Crippen LogP contribution in [0.3, 0.4) is 0 Å². The lowest BCUT2D eigenvalue weighted by molar-refractivity contribution is -0.114. The molecule has 4 nitrogen and oxygen atoms in total. The lowest BCUT2D eigenvalue weighted by Gasteiger charge is -2.02. The summed E-state index contributed by atoms with van der Waals surface area (Å²) in [7, 11) is 1.79. The Morgan fingerprint density at radius 1 is 1.83 bits per heavy atom. The van der Waals surface area contributed by atoms with E-state index in [1.54, 1.807) is 11.7 Å². The molecule has 1 unspecified atom stereocenters. The SMILES string of the molecule is Cc1cc(CC(O)C=O)n(C)n1. The normalized spacial score (nSPS) is 12.9. The number of aromatic nitrogens is 2. The summed E-state index contributed by atoms with van der Waals surface area (Å²) in [6.07, 6.45) is -0.0526. The van der Waals surface area contributed by atoms with E-state index in [1.807, 2.05) is 13.0 Å². The van der Waals surface area contributed by atoms with Crippen molar-refractivity contribution in [1.82, 2.24) is 9.78 Å². The van der Waals surface area contributed by atoms with Crippen molar-refractivity contribution in [2.24, 2.45) is 7.05 Å². The highest BCUT2D eigenvalue weighted by molar-refractivity contribution is 5.56. The maximum atomic E-state index is 10.1. The Morgan fingerprint density at radius 2 is 2.50 bits per heavy atom. The van der Waals surface area contributed by atoms with Crippen LogP contribution in [0.5, 0.6) is 0 Å². The van der Waals surface area contributed by atoms with E-state index >= 15 is 0 Å². The van der Waals surface area contributed by atoms with E-state index < -0.39 is 6.10 Å². The zero-order valence-corrected chi connectivity index (χ0v) is 7.19. The Labute approximate surface area is 70.8 Å². The molecule has 12 heavy (non-hydrogen) atoms. The number of rotatable bonds is 3. The lowest BCUT2D eigenvalue weighted by atomic mass is 10.2. The Hall–Kier alpha value is -1.16. The monoisotopic (exact) mass is 168 g/mol. The maximum absolute atomic E-state index is 10.1. The van der Waals surface area contributed by atoms with Gasteiger partial charge in [0, 0.05) is 19.2 Å². The Bertz CT molecular complexity index is 281. The van der Waals surface area contributed by atoms with Crippen molar-refractivity contribution in [3.63, 3.8) is 0 Å². The van der Waals surface area contributed by atoms with Crippen LogP contribution in [0.2, 0.25) is 0 Å². The van der Waals surface area contributed by atoms with Gasteiger partial charge >= 0.3 is 0 Å². The molecule has 0 saturated carbocycles. The average molecular weight is 168 g/mol. The molecule has 1 heterocycles. The van der Waals surface area contributed by atoms with E-state index in [0.717, 1.165) is 11.4 Å². The van der Waals surface area contributed by atoms with Gasteiger partial charge in [-0.3, -0.25) is 4.68 Å². The van der Waals surface area contributed by atoms with Gasteiger partial charge in [-0.05, 0) is 13.0 Å². The molecule has 1 atom stereocenters. The summed E-state index contributed by atoms with van der Waals surface area (Å²) in [4.78, 5) is 10.1. The standard InChI is InChI=1S/C8H12N2O2/c1-6-3-7(10(2)9-6)4-8(12)5-11/h3,5,8,12H,4H2,1-2H3. The zero-order valence-electron chi connectivity index (χ0n) is 7.19. The van der Waals surface area contributed by atoms with Gasteiger partial charge in [0.25, 0.3) is 0 Å². The summed E-state index contributed by atoms with van der Waals surface area (Å²) in [6.45, 7) is 1.87. The number of aliphatic hydroxyl groups is 1. The maximum Gasteiger partial charge on any atom is 0.148 e. The second kappa shape index (κ2) is 3.49. The molecule has 0 amide bonds. The van der Waals surface area contributed by atoms with Crippen LogP contribution in [0.25, 0.3) is 0 Å². The third-order valence-electron chi connectivity index (χ3n) is 1.67. The second-order valence-corrected chi connectivity index (χ2v) is 2.81. The molecule has 0 bridgehead atoms. The van der Waals surface area contributed by atoms with Gasteiger partial charge in [-0.15, -0.1) is 0 Å². The number of carbonyl (C=O) groups excluding carboxylic acids is 1. The quantitative estimate of drug-likeness (QED) is 0.637. The highest BCUT2D eigenvalue weighted by Gasteiger charge is 2.07. The second-order valence-electron chi connectivity index (χ2n) is 2.81. The molecule has 66 valence electrons. The smallest absolute Gasteiger partial charge is 0.148 e. The van der Waals surface area contributed by atoms with Gasteiger partial charge in [0.2, 0.25) is 0 Å². The summed E-state index contributed by atoms with van der Waals surface area (Å²) in [6, 6.07) is 1.85. The first-order chi connectivity index (χ1) is 5.63. The summed E-state index contributed by atoms with van der Waals surface area (Å²) in [5.74, 6) is 0. The van der Waals surface area contributed by atoms with Crippen LogP contribution in [-0.2, 0) is 18.3 Å². The predicted octanol–water partition coefficient (Wildman–Crippen LogP) is -0.169. The number of aldehydes is 1. The van der Waals surface area contributed by atoms with Crippen LogP contribution >= 0.6 is 0 Å². The Balaban J connectivity index is 2.74. The highest BCUT2D eigenvalue weighted by Crippen LogP contribution is 2.03. The molecular weight excluding hydrogens is 156 g/mol. The van der Waals surface area contributed by atoms with E-state index in [2.05, 4.69) is 5.10 Å². The van der Waals surface area contributed by atoms with Crippen molar-refractivity contribution in [1.29, 1.82) is 0 Å². The van der Waals surface area contributed by atoms with Gasteiger partial charge < -0.3 is 9.90 Å². The molecule has 0 aliphatic heterocycles. The first kappa shape index (κ1) is 8.93. The number of aliphatic hydroxyl groups excluding tert-OH is 1. The van der Waals surface area contributed by atoms with E-state index in [-0.39, 0.29) is 0 Å². The van der Waals surface area contributed by atoms with E-state index in [9.17, 15) is 4.79 Å². The molecule has 0 fully saturated rings. The average Bonchev–Trinajstić information content (AvgIpc) is 2.30. The van der Waals surface area contributed by atoms with Gasteiger partial charge in [-0.25, -0.2) is 0 Å². The molecule has 0 radical (unpaired) electrons. The summed E-state index contributed by atoms with van der Waals surface area (Å²) in [5, 5.41) is 13.1. The summed E-state index contributed by atoms with van der Waals surface area (Å²) >= 11 is 0. The Kier molecular flexibility index (Phi) is 2.60. The minimum Gasteiger partial charge on any atom is -0.385 e. The Morgan fingerprint density at radius 3 is 2.92 bits per heavy atom. The van der Waals surface area contributed by atoms with Crippen LogP contribution in [0.1, 0.15) is 11.4 Å². The number of carbonyl (C=O) groups is 1. The lowest BCUT2D eigenvalue weighted by Crippen LogP contribution is -2.14. The van der Waals surface area contributed by atoms with Crippen LogP contribution < -0.4 is 0 Å². The fourth-order valence-corrected chi connectivity index (χ4v) is 1.12. The largest absolute Gasteiger partial charge is 0.385 e. The van der Waals surface area contributed by atoms with Gasteiger partial charge in [-0.1, -0.05) is 0 Å². The molecule has 0 aliphatic carbocycles. The van der Waals surface area contributed by atoms with Crippen molar-refractivity contribution in [2.75, 3.05) is 0 Å². The van der Waals surface area contributed by atoms with E-state index in [0.29, 0.717) is 12.7 Å². The minimum atomic E-state index is -0.917. The summed E-state index contributed by atoms with van der Waals surface area (Å²) in [5.41, 5.74) is 1.76. The molecule has 0 aromatic carbocycles. The third-order valence-corrected chi connectivity index (χ3v) is 1.67. The van der Waals surface area contributed by atoms with Gasteiger partial charge in [-0.2, -0.15) is 5.10 Å². The first-order valence-electron chi connectivity index (χ1n) is 3.76. The van der Waals surface area contributed by atoms with Crippen LogP contribution in [-0.4, -0.2) is 27.3 Å². The van der Waals surface area contributed by atoms with Gasteiger partial charge in [0.15, 0.2) is 0 Å². The van der Waals surface area contributed by atoms with Gasteiger partial charge in [0.05, 0.1) is 5.69 Å². The zero-order chi connectivity index (χ0) is 9.14. The third kappa shape index (κ3) is 1.92. The predicted molar refractivity (Wildman–Crippen MR) is 43.7 cm³/mol. The summed E-state index contributed by atoms with van der Waals surface area (Å²) < 4.78 is 1.67. The van der Waals surface area contributed by atoms with E-state index in [4.69, 9.17) is 5.11 Å². The number of nitrogens with zero attached hydrogens (tertiary/aromatic N) is 2. The van der Waals surface area contributed by atoms with Crippen molar-refractivity contribution >= 4 is 6.29 Å². The van der Waals surface area contributed by atoms with Crippen molar-refractivity contribution in [3.8, 4) is 0 Å². The van der Waals surface area contributed by atoms with Crippen molar-refractivity contribution < 1.29 is 9.90 Å². The number of hydrogen-bond donors (Lipinski definition) is 1. The first-order valence-corrected chi connectivity index (χ1v) is 3.76. The molecule has 0 saturated heterocycles. The van der Waals surface area contributed by atoms with Crippen molar-refractivity contribution in [3.05, 3.63) is 17.5 Å². The topological polar surface area (TPSA) is 55.1 Å². The van der Waals surface area contributed by atoms with Crippen molar-refractivity contribution in [2.45, 2.75) is 19.4 Å². The van der Waals surface area contributed by atoms with Crippen LogP contribution in [0.4, 0.5) is 0 Å². The molecule has 4 heteroatoms. The molecule has 0 aliphatic rings. The molecule has 1 aromatic heterocycles. The van der Waals surface area contributed by atoms with E-state index in [1.165, 1.54) is 0 Å². The molecule has 1 rings (SSSR count). The molecule has 1 N–H and O–H groups in total. The van der Waals surface area contributed by atoms with Gasteiger partial charge in [0.1, 0.15) is 12.4 Å². The molecule has 1 aromatic rings. The van der Waals surface area contributed by atoms with Crippen LogP contribution in [0, 0.1) is 6.92 Å². The molecular formula is C8H12N2O2.